The third-order valence-corrected chi connectivity index (χ3v) is 2.99. The van der Waals surface area contributed by atoms with Crippen LogP contribution in [0.15, 0.2) is 47.9 Å². The van der Waals surface area contributed by atoms with Crippen LogP contribution in [0.3, 0.4) is 0 Å². The van der Waals surface area contributed by atoms with Gasteiger partial charge in [-0.05, 0) is 17.2 Å². The van der Waals surface area contributed by atoms with E-state index in [-0.39, 0.29) is 5.57 Å². The standard InChI is InChI=1S/C14H12F5NO/c15-11-6-10(9-4-2-1-3-5-9)7-13(16,12(11)20)21-8-14(17,18)19/h1-6H,7-8,20H2. The zero-order valence-corrected chi connectivity index (χ0v) is 10.8. The molecule has 0 bridgehead atoms. The molecule has 0 amide bonds. The number of halogens is 5. The predicted octanol–water partition coefficient (Wildman–Crippen LogP) is 3.86. The van der Waals surface area contributed by atoms with E-state index in [1.54, 1.807) is 30.3 Å². The van der Waals surface area contributed by atoms with E-state index < -0.39 is 36.6 Å². The number of benzene rings is 1. The Bertz CT molecular complexity index is 579. The van der Waals surface area contributed by atoms with E-state index in [0.29, 0.717) is 5.56 Å². The van der Waals surface area contributed by atoms with E-state index in [1.807, 2.05) is 0 Å². The Balaban J connectivity index is 2.28. The Morgan fingerprint density at radius 1 is 1.19 bits per heavy atom. The van der Waals surface area contributed by atoms with E-state index in [9.17, 15) is 22.0 Å². The van der Waals surface area contributed by atoms with Gasteiger partial charge in [0.15, 0.2) is 0 Å². The second kappa shape index (κ2) is 5.48. The number of nitrogens with two attached hydrogens (primary N) is 1. The highest BCUT2D eigenvalue weighted by molar-refractivity contribution is 5.70. The van der Waals surface area contributed by atoms with Crippen molar-refractivity contribution in [1.82, 2.24) is 0 Å². The molecule has 2 nitrogen and oxygen atoms in total. The van der Waals surface area contributed by atoms with Crippen LogP contribution in [0.4, 0.5) is 22.0 Å². The first kappa shape index (κ1) is 15.5. The van der Waals surface area contributed by atoms with Crippen LogP contribution in [0.1, 0.15) is 12.0 Å². The molecular weight excluding hydrogens is 293 g/mol. The molecule has 0 saturated heterocycles. The summed E-state index contributed by atoms with van der Waals surface area (Å²) in [6.07, 6.45) is -4.32. The first-order chi connectivity index (χ1) is 9.71. The highest BCUT2D eigenvalue weighted by Crippen LogP contribution is 2.40. The van der Waals surface area contributed by atoms with Crippen LogP contribution in [-0.2, 0) is 4.74 Å². The summed E-state index contributed by atoms with van der Waals surface area (Å²) in [5.41, 5.74) is 4.90. The quantitative estimate of drug-likeness (QED) is 0.861. The number of ether oxygens (including phenoxy) is 1. The number of hydrogen-bond donors (Lipinski definition) is 1. The largest absolute Gasteiger partial charge is 0.411 e. The summed E-state index contributed by atoms with van der Waals surface area (Å²) in [6.45, 7) is -1.85. The smallest absolute Gasteiger partial charge is 0.395 e. The zero-order valence-electron chi connectivity index (χ0n) is 10.8. The van der Waals surface area contributed by atoms with E-state index in [2.05, 4.69) is 4.74 Å². The van der Waals surface area contributed by atoms with Gasteiger partial charge in [-0.3, -0.25) is 0 Å². The fourth-order valence-corrected chi connectivity index (χ4v) is 1.96. The third kappa shape index (κ3) is 3.60. The van der Waals surface area contributed by atoms with Crippen molar-refractivity contribution in [3.63, 3.8) is 0 Å². The lowest BCUT2D eigenvalue weighted by atomic mass is 9.92. The molecule has 0 aliphatic heterocycles. The molecule has 2 rings (SSSR count). The average molecular weight is 305 g/mol. The second-order valence-corrected chi connectivity index (χ2v) is 4.61. The lowest BCUT2D eigenvalue weighted by Gasteiger charge is -2.30. The van der Waals surface area contributed by atoms with Crippen molar-refractivity contribution in [2.45, 2.75) is 18.5 Å². The summed E-state index contributed by atoms with van der Waals surface area (Å²) in [6, 6.07) is 8.17. The molecule has 1 aromatic rings. The van der Waals surface area contributed by atoms with Gasteiger partial charge in [-0.2, -0.15) is 13.2 Å². The molecule has 1 unspecified atom stereocenters. The summed E-state index contributed by atoms with van der Waals surface area (Å²) < 4.78 is 68.9. The van der Waals surface area contributed by atoms with Crippen molar-refractivity contribution in [1.29, 1.82) is 0 Å². The van der Waals surface area contributed by atoms with Crippen molar-refractivity contribution >= 4 is 5.57 Å². The van der Waals surface area contributed by atoms with Crippen molar-refractivity contribution < 1.29 is 26.7 Å². The highest BCUT2D eigenvalue weighted by atomic mass is 19.4. The minimum absolute atomic E-state index is 0.173. The molecule has 0 saturated carbocycles. The topological polar surface area (TPSA) is 35.2 Å². The Morgan fingerprint density at radius 3 is 2.38 bits per heavy atom. The van der Waals surface area contributed by atoms with E-state index in [4.69, 9.17) is 5.73 Å². The zero-order chi connectivity index (χ0) is 15.7. The van der Waals surface area contributed by atoms with Gasteiger partial charge in [0.1, 0.15) is 18.1 Å². The molecule has 7 heteroatoms. The van der Waals surface area contributed by atoms with Crippen LogP contribution in [0.25, 0.3) is 5.57 Å². The van der Waals surface area contributed by atoms with Crippen molar-refractivity contribution in [2.24, 2.45) is 5.73 Å². The van der Waals surface area contributed by atoms with E-state index in [0.717, 1.165) is 6.08 Å². The molecule has 0 spiro atoms. The van der Waals surface area contributed by atoms with Crippen molar-refractivity contribution in [2.75, 3.05) is 6.61 Å². The molecule has 1 aromatic carbocycles. The summed E-state index contributed by atoms with van der Waals surface area (Å²) in [5, 5.41) is 0. The summed E-state index contributed by atoms with van der Waals surface area (Å²) in [7, 11) is 0. The van der Waals surface area contributed by atoms with Gasteiger partial charge in [-0.1, -0.05) is 30.3 Å². The highest BCUT2D eigenvalue weighted by Gasteiger charge is 2.43. The normalized spacial score (nSPS) is 23.2. The molecule has 114 valence electrons. The Labute approximate surface area is 117 Å². The van der Waals surface area contributed by atoms with E-state index >= 15 is 0 Å². The van der Waals surface area contributed by atoms with Crippen LogP contribution in [0, 0.1) is 0 Å². The van der Waals surface area contributed by atoms with Gasteiger partial charge in [-0.25, -0.2) is 8.78 Å². The minimum atomic E-state index is -4.73. The number of rotatable bonds is 3. The first-order valence-corrected chi connectivity index (χ1v) is 6.03. The molecule has 2 N–H and O–H groups in total. The predicted molar refractivity (Wildman–Crippen MR) is 67.2 cm³/mol. The van der Waals surface area contributed by atoms with Crippen LogP contribution in [0.5, 0.6) is 0 Å². The summed E-state index contributed by atoms with van der Waals surface area (Å²) in [4.78, 5) is 0. The van der Waals surface area contributed by atoms with Gasteiger partial charge in [0.2, 0.25) is 0 Å². The molecule has 0 fully saturated rings. The van der Waals surface area contributed by atoms with Gasteiger partial charge in [0.05, 0.1) is 0 Å². The second-order valence-electron chi connectivity index (χ2n) is 4.61. The molecule has 1 atom stereocenters. The minimum Gasteiger partial charge on any atom is -0.395 e. The van der Waals surface area contributed by atoms with Crippen LogP contribution in [0.2, 0.25) is 0 Å². The lowest BCUT2D eigenvalue weighted by Crippen LogP contribution is -2.39. The Hall–Kier alpha value is -1.89. The monoisotopic (exact) mass is 305 g/mol. The number of alkyl halides is 4. The first-order valence-electron chi connectivity index (χ1n) is 6.03. The number of hydrogen-bond acceptors (Lipinski definition) is 2. The van der Waals surface area contributed by atoms with Gasteiger partial charge in [-0.15, -0.1) is 0 Å². The molecule has 0 aromatic heterocycles. The molecule has 1 aliphatic carbocycles. The fourth-order valence-electron chi connectivity index (χ4n) is 1.96. The molecule has 0 radical (unpaired) electrons. The average Bonchev–Trinajstić information content (AvgIpc) is 2.43. The third-order valence-electron chi connectivity index (χ3n) is 2.99. The maximum atomic E-state index is 14.5. The molecule has 1 aliphatic rings. The summed E-state index contributed by atoms with van der Waals surface area (Å²) in [5.74, 6) is -4.15. The van der Waals surface area contributed by atoms with E-state index in [1.165, 1.54) is 0 Å². The molecule has 0 heterocycles. The van der Waals surface area contributed by atoms with Crippen molar-refractivity contribution in [3.05, 3.63) is 53.5 Å². The van der Waals surface area contributed by atoms with Gasteiger partial charge in [0, 0.05) is 6.42 Å². The summed E-state index contributed by atoms with van der Waals surface area (Å²) >= 11 is 0. The maximum Gasteiger partial charge on any atom is 0.411 e. The van der Waals surface area contributed by atoms with Gasteiger partial charge >= 0.3 is 6.18 Å². The Kier molecular flexibility index (Phi) is 4.04. The molecule has 21 heavy (non-hydrogen) atoms. The maximum absolute atomic E-state index is 14.5. The van der Waals surface area contributed by atoms with Crippen LogP contribution >= 0.6 is 0 Å². The van der Waals surface area contributed by atoms with Crippen LogP contribution < -0.4 is 5.73 Å². The Morgan fingerprint density at radius 2 is 1.81 bits per heavy atom. The SMILES string of the molecule is NC1=C(F)C=C(c2ccccc2)CC1(F)OCC(F)(F)F. The van der Waals surface area contributed by atoms with Gasteiger partial charge in [0.25, 0.3) is 5.85 Å². The fraction of sp³-hybridized carbons (Fsp3) is 0.286. The number of allylic oxidation sites excluding steroid dienone is 2. The lowest BCUT2D eigenvalue weighted by molar-refractivity contribution is -0.225. The molecular formula is C14H12F5NO. The van der Waals surface area contributed by atoms with Crippen LogP contribution in [-0.4, -0.2) is 18.6 Å². The van der Waals surface area contributed by atoms with Crippen molar-refractivity contribution in [3.8, 4) is 0 Å². The van der Waals surface area contributed by atoms with Gasteiger partial charge < -0.3 is 10.5 Å².